The van der Waals surface area contributed by atoms with Gasteiger partial charge in [0.2, 0.25) is 5.91 Å². The van der Waals surface area contributed by atoms with E-state index in [1.165, 1.54) is 17.3 Å². The predicted octanol–water partition coefficient (Wildman–Crippen LogP) is 5.54. The molecule has 0 saturated heterocycles. The Morgan fingerprint density at radius 3 is 2.41 bits per heavy atom. The molecule has 1 amide bonds. The maximum Gasteiger partial charge on any atom is 0.317 e. The van der Waals surface area contributed by atoms with Crippen LogP contribution in [0.4, 0.5) is 5.69 Å². The predicted molar refractivity (Wildman–Crippen MR) is 120 cm³/mol. The van der Waals surface area contributed by atoms with Crippen molar-refractivity contribution in [3.63, 3.8) is 0 Å². The summed E-state index contributed by atoms with van der Waals surface area (Å²) in [6.07, 6.45) is 0. The van der Waals surface area contributed by atoms with E-state index in [1.807, 2.05) is 36.4 Å². The SMILES string of the molecule is O=C(CSc1[nH]c2ccccc2[n+]1Cc1ccccc1)Nc1cc(Cl)cc(Cl)c1. The number of rotatable bonds is 6. The molecule has 0 atom stereocenters. The number of nitrogens with one attached hydrogen (secondary N) is 2. The van der Waals surface area contributed by atoms with Crippen LogP contribution in [0.2, 0.25) is 10.0 Å². The second-order valence-electron chi connectivity index (χ2n) is 6.51. The number of carbonyl (C=O) groups excluding carboxylic acids is 1. The Balaban J connectivity index is 1.52. The summed E-state index contributed by atoms with van der Waals surface area (Å²) in [5, 5.41) is 4.74. The van der Waals surface area contributed by atoms with Crippen molar-refractivity contribution in [3.8, 4) is 0 Å². The number of fused-ring (bicyclic) bond motifs is 1. The van der Waals surface area contributed by atoms with Gasteiger partial charge in [-0.3, -0.25) is 4.79 Å². The molecule has 146 valence electrons. The molecule has 0 aliphatic rings. The fraction of sp³-hybridized carbons (Fsp3) is 0.0909. The van der Waals surface area contributed by atoms with Crippen molar-refractivity contribution < 1.29 is 9.36 Å². The van der Waals surface area contributed by atoms with Crippen LogP contribution in [0.3, 0.4) is 0 Å². The molecule has 7 heteroatoms. The van der Waals surface area contributed by atoms with Gasteiger partial charge in [0.25, 0.3) is 0 Å². The molecular formula is C22H18Cl2N3OS+. The van der Waals surface area contributed by atoms with Gasteiger partial charge < -0.3 is 5.32 Å². The molecular weight excluding hydrogens is 425 g/mol. The van der Waals surface area contributed by atoms with Crippen LogP contribution in [0.15, 0.2) is 78.0 Å². The van der Waals surface area contributed by atoms with Crippen molar-refractivity contribution in [3.05, 3.63) is 88.4 Å². The standard InChI is InChI=1S/C22H17Cl2N3OS/c23-16-10-17(24)12-18(11-16)25-21(28)14-29-22-26-19-8-4-5-9-20(19)27(22)13-15-6-2-1-3-7-15/h1-12H,13-14H2,(H,25,28)/p+1. The summed E-state index contributed by atoms with van der Waals surface area (Å²) >= 11 is 13.5. The number of benzene rings is 3. The quantitative estimate of drug-likeness (QED) is 0.304. The Bertz CT molecular complexity index is 1140. The molecule has 1 aromatic heterocycles. The molecule has 4 rings (SSSR count). The third kappa shape index (κ3) is 4.93. The van der Waals surface area contributed by atoms with Gasteiger partial charge in [0.1, 0.15) is 6.54 Å². The molecule has 4 aromatic rings. The minimum absolute atomic E-state index is 0.127. The molecule has 29 heavy (non-hydrogen) atoms. The Morgan fingerprint density at radius 1 is 0.966 bits per heavy atom. The zero-order valence-electron chi connectivity index (χ0n) is 15.4. The number of nitrogens with zero attached hydrogens (tertiary/aromatic N) is 1. The first kappa shape index (κ1) is 19.8. The third-order valence-electron chi connectivity index (χ3n) is 4.35. The maximum atomic E-state index is 12.5. The summed E-state index contributed by atoms with van der Waals surface area (Å²) in [5.74, 6) is 0.129. The minimum atomic E-state index is -0.127. The molecule has 3 aromatic carbocycles. The number of aromatic amines is 1. The van der Waals surface area contributed by atoms with Crippen LogP contribution in [0.1, 0.15) is 5.56 Å². The van der Waals surface area contributed by atoms with Gasteiger partial charge in [0.05, 0.1) is 5.75 Å². The molecule has 0 bridgehead atoms. The number of aromatic nitrogens is 2. The van der Waals surface area contributed by atoms with Gasteiger partial charge in [-0.15, -0.1) is 0 Å². The number of imidazole rings is 1. The van der Waals surface area contributed by atoms with Gasteiger partial charge in [0, 0.05) is 15.7 Å². The first-order valence-electron chi connectivity index (χ1n) is 9.02. The first-order chi connectivity index (χ1) is 14.1. The lowest BCUT2D eigenvalue weighted by Crippen LogP contribution is -2.35. The molecule has 0 aliphatic carbocycles. The third-order valence-corrected chi connectivity index (χ3v) is 5.79. The summed E-state index contributed by atoms with van der Waals surface area (Å²) in [5.41, 5.74) is 3.91. The largest absolute Gasteiger partial charge is 0.325 e. The number of anilines is 1. The molecule has 0 saturated carbocycles. The molecule has 0 fully saturated rings. The van der Waals surface area contributed by atoms with Crippen molar-refractivity contribution in [2.24, 2.45) is 0 Å². The molecule has 0 radical (unpaired) electrons. The lowest BCUT2D eigenvalue weighted by molar-refractivity contribution is -0.700. The minimum Gasteiger partial charge on any atom is -0.325 e. The van der Waals surface area contributed by atoms with Crippen LogP contribution in [0.5, 0.6) is 0 Å². The number of carbonyl (C=O) groups is 1. The van der Waals surface area contributed by atoms with Gasteiger partial charge in [-0.25, -0.2) is 9.55 Å². The number of H-pyrrole nitrogens is 1. The van der Waals surface area contributed by atoms with E-state index < -0.39 is 0 Å². The summed E-state index contributed by atoms with van der Waals surface area (Å²) in [7, 11) is 0. The summed E-state index contributed by atoms with van der Waals surface area (Å²) in [4.78, 5) is 15.9. The van der Waals surface area contributed by atoms with Crippen LogP contribution in [0, 0.1) is 0 Å². The zero-order chi connectivity index (χ0) is 20.2. The highest BCUT2D eigenvalue weighted by Crippen LogP contribution is 2.23. The van der Waals surface area contributed by atoms with Crippen LogP contribution < -0.4 is 9.88 Å². The fourth-order valence-corrected chi connectivity index (χ4v) is 4.47. The highest BCUT2D eigenvalue weighted by Gasteiger charge is 2.20. The van der Waals surface area contributed by atoms with Crippen molar-refractivity contribution in [2.45, 2.75) is 11.7 Å². The van der Waals surface area contributed by atoms with Crippen LogP contribution >= 0.6 is 35.0 Å². The first-order valence-corrected chi connectivity index (χ1v) is 10.8. The molecule has 2 N–H and O–H groups in total. The van der Waals surface area contributed by atoms with E-state index in [0.717, 1.165) is 22.7 Å². The van der Waals surface area contributed by atoms with E-state index in [-0.39, 0.29) is 11.7 Å². The second-order valence-corrected chi connectivity index (χ2v) is 8.35. The van der Waals surface area contributed by atoms with Crippen molar-refractivity contribution >= 4 is 57.6 Å². The van der Waals surface area contributed by atoms with Gasteiger partial charge in [-0.05, 0) is 47.7 Å². The van der Waals surface area contributed by atoms with Crippen LogP contribution in [-0.4, -0.2) is 16.6 Å². The Hall–Kier alpha value is -2.47. The van der Waals surface area contributed by atoms with E-state index in [0.29, 0.717) is 15.7 Å². The van der Waals surface area contributed by atoms with E-state index >= 15 is 0 Å². The lowest BCUT2D eigenvalue weighted by Gasteiger charge is -2.06. The zero-order valence-corrected chi connectivity index (χ0v) is 17.7. The number of para-hydroxylation sites is 2. The molecule has 0 unspecified atom stereocenters. The van der Waals surface area contributed by atoms with Gasteiger partial charge in [-0.1, -0.05) is 65.7 Å². The van der Waals surface area contributed by atoms with E-state index in [2.05, 4.69) is 33.1 Å². The summed E-state index contributed by atoms with van der Waals surface area (Å²) in [6, 6.07) is 23.4. The maximum absolute atomic E-state index is 12.5. The van der Waals surface area contributed by atoms with Gasteiger partial charge in [0.15, 0.2) is 11.0 Å². The highest BCUT2D eigenvalue weighted by atomic mass is 35.5. The summed E-state index contributed by atoms with van der Waals surface area (Å²) in [6.45, 7) is 0.721. The van der Waals surface area contributed by atoms with Crippen molar-refractivity contribution in [1.82, 2.24) is 4.98 Å². The molecule has 4 nitrogen and oxygen atoms in total. The van der Waals surface area contributed by atoms with Gasteiger partial charge in [-0.2, -0.15) is 0 Å². The number of hydrogen-bond donors (Lipinski definition) is 2. The van der Waals surface area contributed by atoms with Crippen molar-refractivity contribution in [2.75, 3.05) is 11.1 Å². The number of thioether (sulfide) groups is 1. The van der Waals surface area contributed by atoms with Crippen molar-refractivity contribution in [1.29, 1.82) is 0 Å². The van der Waals surface area contributed by atoms with E-state index in [1.54, 1.807) is 18.2 Å². The topological polar surface area (TPSA) is 48.8 Å². The number of hydrogen-bond acceptors (Lipinski definition) is 2. The second kappa shape index (κ2) is 8.91. The Kier molecular flexibility index (Phi) is 6.09. The highest BCUT2D eigenvalue weighted by molar-refractivity contribution is 7.99. The lowest BCUT2D eigenvalue weighted by atomic mass is 10.2. The smallest absolute Gasteiger partial charge is 0.317 e. The van der Waals surface area contributed by atoms with E-state index in [9.17, 15) is 4.79 Å². The molecule has 1 heterocycles. The Morgan fingerprint density at radius 2 is 1.66 bits per heavy atom. The normalized spacial score (nSPS) is 11.0. The molecule has 0 spiro atoms. The number of amides is 1. The van der Waals surface area contributed by atoms with Crippen LogP contribution in [-0.2, 0) is 11.3 Å². The Labute approximate surface area is 182 Å². The molecule has 0 aliphatic heterocycles. The number of halogens is 2. The fourth-order valence-electron chi connectivity index (χ4n) is 3.10. The van der Waals surface area contributed by atoms with Crippen LogP contribution in [0.25, 0.3) is 11.0 Å². The summed E-state index contributed by atoms with van der Waals surface area (Å²) < 4.78 is 2.19. The van der Waals surface area contributed by atoms with E-state index in [4.69, 9.17) is 23.2 Å². The van der Waals surface area contributed by atoms with Gasteiger partial charge >= 0.3 is 5.16 Å². The monoisotopic (exact) mass is 442 g/mol. The average molecular weight is 443 g/mol. The average Bonchev–Trinajstić information content (AvgIpc) is 3.04.